The highest BCUT2D eigenvalue weighted by molar-refractivity contribution is 5.81. The van der Waals surface area contributed by atoms with Gasteiger partial charge in [0.1, 0.15) is 6.10 Å². The summed E-state index contributed by atoms with van der Waals surface area (Å²) >= 11 is 0. The molecule has 0 aromatic heterocycles. The summed E-state index contributed by atoms with van der Waals surface area (Å²) in [4.78, 5) is 27.8. The minimum atomic E-state index is -0.108. The molecule has 1 amide bonds. The van der Waals surface area contributed by atoms with Crippen LogP contribution in [-0.2, 0) is 14.3 Å². The average Bonchev–Trinajstić information content (AvgIpc) is 3.33. The van der Waals surface area contributed by atoms with E-state index in [2.05, 4.69) is 20.9 Å². The average molecular weight is 352 g/mol. The van der Waals surface area contributed by atoms with Gasteiger partial charge >= 0.3 is 5.97 Å². The summed E-state index contributed by atoms with van der Waals surface area (Å²) in [5.74, 6) is 1.01. The van der Waals surface area contributed by atoms with Crippen molar-refractivity contribution in [1.82, 2.24) is 16.0 Å². The largest absolute Gasteiger partial charge is 0.462 e. The second kappa shape index (κ2) is 10.9. The predicted octanol–water partition coefficient (Wildman–Crippen LogP) is 1.33. The van der Waals surface area contributed by atoms with Gasteiger partial charge in [0.15, 0.2) is 5.96 Å². The van der Waals surface area contributed by atoms with E-state index in [1.807, 2.05) is 6.92 Å². The minimum Gasteiger partial charge on any atom is -0.462 e. The minimum absolute atomic E-state index is 0.108. The zero-order chi connectivity index (χ0) is 17.9. The fraction of sp³-hybridized carbons (Fsp3) is 0.833. The summed E-state index contributed by atoms with van der Waals surface area (Å²) in [6, 6.07) is 0. The van der Waals surface area contributed by atoms with Crippen molar-refractivity contribution in [3.63, 3.8) is 0 Å². The van der Waals surface area contributed by atoms with Crippen LogP contribution in [0.25, 0.3) is 0 Å². The van der Waals surface area contributed by atoms with Gasteiger partial charge in [0, 0.05) is 38.5 Å². The van der Waals surface area contributed by atoms with E-state index in [1.165, 1.54) is 12.8 Å². The Kier molecular flexibility index (Phi) is 8.55. The van der Waals surface area contributed by atoms with Crippen LogP contribution >= 0.6 is 0 Å². The van der Waals surface area contributed by atoms with E-state index < -0.39 is 0 Å². The Balaban J connectivity index is 1.55. The van der Waals surface area contributed by atoms with E-state index in [9.17, 15) is 9.59 Å². The van der Waals surface area contributed by atoms with E-state index in [1.54, 1.807) is 0 Å². The lowest BCUT2D eigenvalue weighted by Crippen LogP contribution is -2.41. The third kappa shape index (κ3) is 8.23. The summed E-state index contributed by atoms with van der Waals surface area (Å²) in [7, 11) is 0. The third-order valence-corrected chi connectivity index (χ3v) is 4.42. The van der Waals surface area contributed by atoms with Crippen molar-refractivity contribution < 1.29 is 14.3 Å². The van der Waals surface area contributed by atoms with E-state index >= 15 is 0 Å². The zero-order valence-corrected chi connectivity index (χ0v) is 15.3. The number of esters is 1. The Morgan fingerprint density at radius 2 is 1.76 bits per heavy atom. The number of rotatable bonds is 10. The summed E-state index contributed by atoms with van der Waals surface area (Å²) < 4.78 is 5.43. The highest BCUT2D eigenvalue weighted by Gasteiger charge is 2.28. The molecule has 0 unspecified atom stereocenters. The molecule has 0 aromatic rings. The van der Waals surface area contributed by atoms with Crippen LogP contribution in [0.4, 0.5) is 0 Å². The molecule has 2 rings (SSSR count). The fourth-order valence-electron chi connectivity index (χ4n) is 2.86. The summed E-state index contributed by atoms with van der Waals surface area (Å²) in [5.41, 5.74) is 0. The Labute approximate surface area is 150 Å². The number of hydrogen-bond acceptors (Lipinski definition) is 4. The molecule has 142 valence electrons. The van der Waals surface area contributed by atoms with E-state index in [4.69, 9.17) is 4.74 Å². The van der Waals surface area contributed by atoms with Gasteiger partial charge < -0.3 is 20.7 Å². The van der Waals surface area contributed by atoms with Crippen LogP contribution < -0.4 is 16.0 Å². The first kappa shape index (κ1) is 19.5. The quantitative estimate of drug-likeness (QED) is 0.239. The number of hydrogen-bond donors (Lipinski definition) is 3. The highest BCUT2D eigenvalue weighted by Crippen LogP contribution is 2.28. The van der Waals surface area contributed by atoms with E-state index in [0.717, 1.165) is 32.2 Å². The molecule has 0 spiro atoms. The normalized spacial score (nSPS) is 18.0. The molecule has 0 saturated heterocycles. The first-order chi connectivity index (χ1) is 12.2. The predicted molar refractivity (Wildman–Crippen MR) is 97.3 cm³/mol. The Morgan fingerprint density at radius 1 is 1.04 bits per heavy atom. The molecule has 2 aliphatic rings. The first-order valence-corrected chi connectivity index (χ1v) is 9.68. The second-order valence-corrected chi connectivity index (χ2v) is 6.75. The Morgan fingerprint density at radius 3 is 2.44 bits per heavy atom. The number of amides is 1. The highest BCUT2D eigenvalue weighted by atomic mass is 16.5. The van der Waals surface area contributed by atoms with Gasteiger partial charge in [-0.3, -0.25) is 14.6 Å². The lowest BCUT2D eigenvalue weighted by molar-refractivity contribution is -0.148. The molecule has 0 atom stereocenters. The molecular weight excluding hydrogens is 320 g/mol. The maximum atomic E-state index is 11.8. The number of carbonyl (C=O) groups is 2. The standard InChI is InChI=1S/C18H32N4O3/c1-2-19-18(22-13-12-20-17(24)14-9-10-14)21-11-5-8-16(23)25-15-6-3-4-7-15/h14-15H,2-13H2,1H3,(H,20,24)(H2,19,21,22). The van der Waals surface area contributed by atoms with Crippen LogP contribution in [0.2, 0.25) is 0 Å². The van der Waals surface area contributed by atoms with Crippen molar-refractivity contribution >= 4 is 17.8 Å². The van der Waals surface area contributed by atoms with Crippen LogP contribution in [-0.4, -0.2) is 50.1 Å². The lowest BCUT2D eigenvalue weighted by Gasteiger charge is -2.12. The molecule has 0 bridgehead atoms. The maximum Gasteiger partial charge on any atom is 0.306 e. The number of ether oxygens (including phenoxy) is 1. The smallest absolute Gasteiger partial charge is 0.306 e. The van der Waals surface area contributed by atoms with Gasteiger partial charge in [-0.25, -0.2) is 0 Å². The number of carbonyl (C=O) groups excluding carboxylic acids is 2. The van der Waals surface area contributed by atoms with Crippen LogP contribution in [0.3, 0.4) is 0 Å². The van der Waals surface area contributed by atoms with Crippen molar-refractivity contribution in [1.29, 1.82) is 0 Å². The molecule has 0 heterocycles. The van der Waals surface area contributed by atoms with Crippen molar-refractivity contribution in [3.8, 4) is 0 Å². The van der Waals surface area contributed by atoms with Gasteiger partial charge in [-0.1, -0.05) is 0 Å². The summed E-state index contributed by atoms with van der Waals surface area (Å²) in [5, 5.41) is 9.27. The van der Waals surface area contributed by atoms with Crippen LogP contribution in [0.1, 0.15) is 58.3 Å². The lowest BCUT2D eigenvalue weighted by atomic mass is 10.3. The molecule has 2 fully saturated rings. The molecule has 2 aliphatic carbocycles. The van der Waals surface area contributed by atoms with E-state index in [-0.39, 0.29) is 23.9 Å². The third-order valence-electron chi connectivity index (χ3n) is 4.42. The summed E-state index contributed by atoms with van der Waals surface area (Å²) in [6.07, 6.45) is 7.63. The second-order valence-electron chi connectivity index (χ2n) is 6.75. The van der Waals surface area contributed by atoms with Gasteiger partial charge in [-0.15, -0.1) is 0 Å². The zero-order valence-electron chi connectivity index (χ0n) is 15.3. The van der Waals surface area contributed by atoms with Crippen LogP contribution in [0, 0.1) is 5.92 Å². The molecule has 7 nitrogen and oxygen atoms in total. The Hall–Kier alpha value is -1.79. The molecule has 2 saturated carbocycles. The molecular formula is C18H32N4O3. The number of nitrogens with zero attached hydrogens (tertiary/aromatic N) is 1. The monoisotopic (exact) mass is 352 g/mol. The molecule has 7 heteroatoms. The Bertz CT molecular complexity index is 457. The fourth-order valence-corrected chi connectivity index (χ4v) is 2.86. The van der Waals surface area contributed by atoms with Gasteiger partial charge in [0.25, 0.3) is 0 Å². The van der Waals surface area contributed by atoms with Gasteiger partial charge in [-0.05, 0) is 51.9 Å². The van der Waals surface area contributed by atoms with Crippen molar-refractivity contribution in [2.75, 3.05) is 26.2 Å². The van der Waals surface area contributed by atoms with Crippen LogP contribution in [0.5, 0.6) is 0 Å². The maximum absolute atomic E-state index is 11.8. The SMILES string of the molecule is CCNC(=NCCCC(=O)OC1CCCC1)NCCNC(=O)C1CC1. The van der Waals surface area contributed by atoms with E-state index in [0.29, 0.717) is 38.4 Å². The van der Waals surface area contributed by atoms with Gasteiger partial charge in [-0.2, -0.15) is 0 Å². The molecule has 0 aromatic carbocycles. The molecule has 25 heavy (non-hydrogen) atoms. The van der Waals surface area contributed by atoms with Crippen molar-refractivity contribution in [3.05, 3.63) is 0 Å². The van der Waals surface area contributed by atoms with Crippen LogP contribution in [0.15, 0.2) is 4.99 Å². The topological polar surface area (TPSA) is 91.8 Å². The van der Waals surface area contributed by atoms with Gasteiger partial charge in [0.05, 0.1) is 0 Å². The number of guanidine groups is 1. The molecule has 3 N–H and O–H groups in total. The molecule has 0 aliphatic heterocycles. The first-order valence-electron chi connectivity index (χ1n) is 9.68. The molecule has 0 radical (unpaired) electrons. The summed E-state index contributed by atoms with van der Waals surface area (Å²) in [6.45, 7) is 4.57. The van der Waals surface area contributed by atoms with Crippen molar-refractivity contribution in [2.45, 2.75) is 64.4 Å². The number of nitrogens with one attached hydrogen (secondary N) is 3. The van der Waals surface area contributed by atoms with Gasteiger partial charge in [0.2, 0.25) is 5.91 Å². The van der Waals surface area contributed by atoms with Crippen molar-refractivity contribution in [2.24, 2.45) is 10.9 Å². The number of aliphatic imine (C=N–C) groups is 1.